The summed E-state index contributed by atoms with van der Waals surface area (Å²) in [6.07, 6.45) is 2.49. The molecule has 0 spiro atoms. The highest BCUT2D eigenvalue weighted by Gasteiger charge is 2.43. The highest BCUT2D eigenvalue weighted by atomic mass is 16.6. The first kappa shape index (κ1) is 32.3. The quantitative estimate of drug-likeness (QED) is 0.124. The molecule has 0 saturated carbocycles. The summed E-state index contributed by atoms with van der Waals surface area (Å²) in [4.78, 5) is 43.6. The molecule has 0 bridgehead atoms. The fraction of sp³-hybridized carbons (Fsp3) is 0.452. The molecule has 226 valence electrons. The number of nitro benzene ring substituents is 1. The molecular weight excluding hydrogens is 542 g/mol. The van der Waals surface area contributed by atoms with Gasteiger partial charge in [-0.2, -0.15) is 0 Å². The Morgan fingerprint density at radius 1 is 0.952 bits per heavy atom. The monoisotopic (exact) mass is 581 g/mol. The molecule has 1 heterocycles. The topological polar surface area (TPSA) is 130 Å². The van der Waals surface area contributed by atoms with E-state index in [1.807, 2.05) is 30.3 Å². The van der Waals surface area contributed by atoms with E-state index < -0.39 is 28.7 Å². The number of para-hydroxylation sites is 1. The van der Waals surface area contributed by atoms with Crippen LogP contribution in [-0.4, -0.2) is 75.0 Å². The van der Waals surface area contributed by atoms with Crippen LogP contribution in [0.2, 0.25) is 0 Å². The number of hydrogen-bond donors (Lipinski definition) is 0. The van der Waals surface area contributed by atoms with Gasteiger partial charge in [-0.05, 0) is 64.9 Å². The molecule has 42 heavy (non-hydrogen) atoms. The van der Waals surface area contributed by atoms with Crippen molar-refractivity contribution >= 4 is 23.3 Å². The maximum atomic E-state index is 12.9. The van der Waals surface area contributed by atoms with Crippen LogP contribution in [0, 0.1) is 16.0 Å². The number of nitro groups is 1. The smallest absolute Gasteiger partial charge is 0.336 e. The first-order chi connectivity index (χ1) is 20.2. The zero-order valence-electron chi connectivity index (χ0n) is 24.8. The van der Waals surface area contributed by atoms with Crippen LogP contribution < -0.4 is 9.47 Å². The number of non-ortho nitro benzene ring substituents is 1. The minimum absolute atomic E-state index is 0.127. The Bertz CT molecular complexity index is 1310. The van der Waals surface area contributed by atoms with Gasteiger partial charge in [-0.1, -0.05) is 18.2 Å². The number of unbranched alkanes of at least 4 members (excludes halogenated alkanes) is 1. The van der Waals surface area contributed by atoms with Crippen molar-refractivity contribution in [3.63, 3.8) is 0 Å². The van der Waals surface area contributed by atoms with Crippen molar-refractivity contribution in [1.29, 1.82) is 0 Å². The van der Waals surface area contributed by atoms with Gasteiger partial charge in [-0.25, -0.2) is 4.79 Å². The molecule has 0 radical (unpaired) electrons. The average molecular weight is 582 g/mol. The van der Waals surface area contributed by atoms with Crippen LogP contribution in [0.4, 0.5) is 5.69 Å². The first-order valence-corrected chi connectivity index (χ1v) is 13.9. The molecule has 3 rings (SSSR count). The number of methoxy groups -OCH3 is 2. The van der Waals surface area contributed by atoms with Crippen molar-refractivity contribution < 1.29 is 33.5 Å². The third-order valence-corrected chi connectivity index (χ3v) is 7.12. The summed E-state index contributed by atoms with van der Waals surface area (Å²) in [7, 11) is 4.53. The van der Waals surface area contributed by atoms with Crippen molar-refractivity contribution in [2.75, 3.05) is 47.6 Å². The molecule has 0 amide bonds. The molecule has 0 N–H and O–H groups in total. The van der Waals surface area contributed by atoms with Gasteiger partial charge in [0.05, 0.1) is 37.9 Å². The molecule has 0 aromatic heterocycles. The maximum absolute atomic E-state index is 12.9. The van der Waals surface area contributed by atoms with Gasteiger partial charge >= 0.3 is 11.9 Å². The van der Waals surface area contributed by atoms with Crippen molar-refractivity contribution in [2.45, 2.75) is 39.0 Å². The van der Waals surface area contributed by atoms with Gasteiger partial charge < -0.3 is 23.8 Å². The SMILES string of the molecule is COC(=O)C1=C(C)N=C(C)C(C(=O)OC)C1c1cc([N+](=O)[O-])ccc1OCCCCN(C)CCCOc1ccccc1. The number of hydrogen-bond acceptors (Lipinski definition) is 10. The summed E-state index contributed by atoms with van der Waals surface area (Å²) >= 11 is 0. The standard InChI is InChI=1S/C31H39N3O8/c1-21-27(30(35)39-4)29(28(22(2)32-21)31(36)40-5)25-20-23(34(37)38)14-15-26(25)42-18-10-9-16-33(3)17-11-19-41-24-12-7-6-8-13-24/h6-8,12-15,20,27,29H,9-11,16-19H2,1-5H3. The molecule has 1 aliphatic rings. The number of rotatable bonds is 15. The summed E-state index contributed by atoms with van der Waals surface area (Å²) in [5, 5.41) is 11.7. The fourth-order valence-electron chi connectivity index (χ4n) is 5.02. The molecule has 2 unspecified atom stereocenters. The van der Waals surface area contributed by atoms with Crippen LogP contribution in [0.15, 0.2) is 64.8 Å². The van der Waals surface area contributed by atoms with Gasteiger partial charge in [0.1, 0.15) is 17.4 Å². The predicted octanol–water partition coefficient (Wildman–Crippen LogP) is 4.95. The van der Waals surface area contributed by atoms with E-state index in [9.17, 15) is 19.7 Å². The minimum atomic E-state index is -0.989. The second kappa shape index (κ2) is 15.7. The van der Waals surface area contributed by atoms with Crippen molar-refractivity contribution in [3.05, 3.63) is 75.5 Å². The van der Waals surface area contributed by atoms with E-state index in [-0.39, 0.29) is 11.3 Å². The zero-order valence-corrected chi connectivity index (χ0v) is 24.8. The average Bonchev–Trinajstić information content (AvgIpc) is 2.98. The van der Waals surface area contributed by atoms with E-state index >= 15 is 0 Å². The normalized spacial score (nSPS) is 16.6. The second-order valence-electron chi connectivity index (χ2n) is 10.1. The lowest BCUT2D eigenvalue weighted by molar-refractivity contribution is -0.385. The Balaban J connectivity index is 1.69. The molecule has 2 aromatic carbocycles. The third kappa shape index (κ3) is 8.39. The molecule has 11 heteroatoms. The van der Waals surface area contributed by atoms with Crippen molar-refractivity contribution in [3.8, 4) is 11.5 Å². The highest BCUT2D eigenvalue weighted by molar-refractivity contribution is 6.07. The first-order valence-electron chi connectivity index (χ1n) is 13.9. The Labute approximate surface area is 246 Å². The van der Waals surface area contributed by atoms with Crippen molar-refractivity contribution in [2.24, 2.45) is 10.9 Å². The number of nitrogens with zero attached hydrogens (tertiary/aromatic N) is 3. The number of allylic oxidation sites excluding steroid dienone is 1. The molecule has 0 saturated heterocycles. The molecule has 11 nitrogen and oxygen atoms in total. The summed E-state index contributed by atoms with van der Waals surface area (Å²) < 4.78 is 21.9. The predicted molar refractivity (Wildman–Crippen MR) is 158 cm³/mol. The Morgan fingerprint density at radius 2 is 1.64 bits per heavy atom. The van der Waals surface area contributed by atoms with E-state index in [4.69, 9.17) is 18.9 Å². The number of esters is 2. The van der Waals surface area contributed by atoms with E-state index in [1.54, 1.807) is 13.8 Å². The van der Waals surface area contributed by atoms with Crippen molar-refractivity contribution in [1.82, 2.24) is 4.90 Å². The van der Waals surface area contributed by atoms with Crippen LogP contribution >= 0.6 is 0 Å². The van der Waals surface area contributed by atoms with Gasteiger partial charge in [0.15, 0.2) is 0 Å². The number of benzene rings is 2. The maximum Gasteiger partial charge on any atom is 0.336 e. The van der Waals surface area contributed by atoms with E-state index in [1.165, 1.54) is 32.4 Å². The van der Waals surface area contributed by atoms with Gasteiger partial charge in [0.2, 0.25) is 0 Å². The fourth-order valence-corrected chi connectivity index (χ4v) is 5.02. The van der Waals surface area contributed by atoms with Gasteiger partial charge in [0.25, 0.3) is 5.69 Å². The third-order valence-electron chi connectivity index (χ3n) is 7.12. The largest absolute Gasteiger partial charge is 0.494 e. The van der Waals surface area contributed by atoms with Gasteiger partial charge in [-0.3, -0.25) is 19.9 Å². The lowest BCUT2D eigenvalue weighted by Crippen LogP contribution is -2.36. The summed E-state index contributed by atoms with van der Waals surface area (Å²) in [5.74, 6) is -2.03. The molecular formula is C31H39N3O8. The molecule has 0 fully saturated rings. The Morgan fingerprint density at radius 3 is 2.31 bits per heavy atom. The number of aliphatic imine (C=N–C) groups is 1. The van der Waals surface area contributed by atoms with Crippen LogP contribution in [0.5, 0.6) is 11.5 Å². The van der Waals surface area contributed by atoms with Crippen LogP contribution in [0.1, 0.15) is 44.6 Å². The molecule has 1 aliphatic heterocycles. The lowest BCUT2D eigenvalue weighted by Gasteiger charge is -2.32. The summed E-state index contributed by atoms with van der Waals surface area (Å²) in [6.45, 7) is 6.03. The van der Waals surface area contributed by atoms with E-state index in [0.717, 1.165) is 38.1 Å². The van der Waals surface area contributed by atoms with Gasteiger partial charge in [-0.15, -0.1) is 0 Å². The zero-order chi connectivity index (χ0) is 30.6. The Hall–Kier alpha value is -4.25. The van der Waals surface area contributed by atoms with Crippen LogP contribution in [0.3, 0.4) is 0 Å². The summed E-state index contributed by atoms with van der Waals surface area (Å²) in [6, 6.07) is 13.9. The molecule has 2 aromatic rings. The number of carbonyl (C=O) groups excluding carboxylic acids is 2. The number of ether oxygens (including phenoxy) is 4. The molecule has 0 aliphatic carbocycles. The van der Waals surface area contributed by atoms with Crippen LogP contribution in [-0.2, 0) is 19.1 Å². The van der Waals surface area contributed by atoms with Crippen LogP contribution in [0.25, 0.3) is 0 Å². The highest BCUT2D eigenvalue weighted by Crippen LogP contribution is 2.44. The Kier molecular flexibility index (Phi) is 12.0. The minimum Gasteiger partial charge on any atom is -0.494 e. The lowest BCUT2D eigenvalue weighted by atomic mass is 9.75. The molecule has 2 atom stereocenters. The van der Waals surface area contributed by atoms with Gasteiger partial charge in [0, 0.05) is 41.6 Å². The number of carbonyl (C=O) groups is 2. The van der Waals surface area contributed by atoms with E-state index in [2.05, 4.69) is 16.9 Å². The second-order valence-corrected chi connectivity index (χ2v) is 10.1. The summed E-state index contributed by atoms with van der Waals surface area (Å²) in [5.41, 5.74) is 1.04. The van der Waals surface area contributed by atoms with E-state index in [0.29, 0.717) is 35.9 Å².